The van der Waals surface area contributed by atoms with Crippen LogP contribution in [0.4, 0.5) is 0 Å². The van der Waals surface area contributed by atoms with Gasteiger partial charge < -0.3 is 14.6 Å². The van der Waals surface area contributed by atoms with Gasteiger partial charge in [0, 0.05) is 5.92 Å². The van der Waals surface area contributed by atoms with E-state index in [1.165, 1.54) is 0 Å². The molecule has 4 unspecified atom stereocenters. The van der Waals surface area contributed by atoms with Gasteiger partial charge in [-0.3, -0.25) is 0 Å². The van der Waals surface area contributed by atoms with Crippen LogP contribution in [0.1, 0.15) is 20.8 Å². The molecule has 0 aromatic heterocycles. The highest BCUT2D eigenvalue weighted by Gasteiger charge is 2.51. The zero-order chi connectivity index (χ0) is 8.43. The molecule has 2 fully saturated rings. The molecule has 0 saturated carbocycles. The Balaban J connectivity index is 0.000000281. The van der Waals surface area contributed by atoms with E-state index in [2.05, 4.69) is 0 Å². The van der Waals surface area contributed by atoms with Crippen molar-refractivity contribution in [2.45, 2.75) is 39.3 Å². The van der Waals surface area contributed by atoms with Gasteiger partial charge in [0.25, 0.3) is 0 Å². The lowest BCUT2D eigenvalue weighted by atomic mass is 10.0. The Morgan fingerprint density at radius 1 is 1.36 bits per heavy atom. The molecule has 2 aliphatic heterocycles. The summed E-state index contributed by atoms with van der Waals surface area (Å²) in [5, 5.41) is 9.28. The molecule has 4 atom stereocenters. The fraction of sp³-hybridized carbons (Fsp3) is 1.00. The smallest absolute Gasteiger partial charge is 0.187 e. The van der Waals surface area contributed by atoms with Gasteiger partial charge in [0.2, 0.25) is 0 Å². The van der Waals surface area contributed by atoms with Crippen LogP contribution in [0.3, 0.4) is 0 Å². The van der Waals surface area contributed by atoms with Crippen LogP contribution in [0.25, 0.3) is 0 Å². The third-order valence-electron chi connectivity index (χ3n) is 1.93. The highest BCUT2D eigenvalue weighted by Crippen LogP contribution is 2.34. The van der Waals surface area contributed by atoms with E-state index < -0.39 is 0 Å². The van der Waals surface area contributed by atoms with E-state index in [4.69, 9.17) is 9.47 Å². The molecular weight excluding hydrogens is 144 g/mol. The predicted octanol–water partition coefficient (Wildman–Crippen LogP) is 0.765. The first-order valence-electron chi connectivity index (χ1n) is 4.24. The van der Waals surface area contributed by atoms with Crippen molar-refractivity contribution in [2.75, 3.05) is 6.61 Å². The summed E-state index contributed by atoms with van der Waals surface area (Å²) < 4.78 is 10.1. The minimum atomic E-state index is -0.302. The topological polar surface area (TPSA) is 42.0 Å². The second-order valence-electron chi connectivity index (χ2n) is 2.77. The summed E-state index contributed by atoms with van der Waals surface area (Å²) in [6.45, 7) is 6.59. The van der Waals surface area contributed by atoms with Crippen molar-refractivity contribution in [1.29, 1.82) is 0 Å². The van der Waals surface area contributed by atoms with Gasteiger partial charge in [-0.15, -0.1) is 0 Å². The predicted molar refractivity (Wildman–Crippen MR) is 41.1 cm³/mol. The minimum absolute atomic E-state index is 0.0197. The third kappa shape index (κ3) is 1.72. The summed E-state index contributed by atoms with van der Waals surface area (Å²) in [6, 6.07) is 0. The van der Waals surface area contributed by atoms with E-state index >= 15 is 0 Å². The van der Waals surface area contributed by atoms with Crippen molar-refractivity contribution in [3.63, 3.8) is 0 Å². The molecule has 11 heavy (non-hydrogen) atoms. The Morgan fingerprint density at radius 3 is 2.55 bits per heavy atom. The zero-order valence-electron chi connectivity index (χ0n) is 7.28. The van der Waals surface area contributed by atoms with Gasteiger partial charge in [-0.25, -0.2) is 0 Å². The first kappa shape index (κ1) is 8.97. The number of fused-ring (bicyclic) bond motifs is 1. The number of aliphatic hydroxyl groups excluding tert-OH is 1. The Kier molecular flexibility index (Phi) is 2.87. The van der Waals surface area contributed by atoms with Crippen LogP contribution in [0, 0.1) is 5.92 Å². The van der Waals surface area contributed by atoms with Crippen LogP contribution in [0.2, 0.25) is 0 Å². The molecule has 66 valence electrons. The standard InChI is InChI=1S/C6H10O3.C2H6/c1-3-2-8-6-5(9-6)4(3)7;1-2/h3-7H,2H2,1H3;1-2H3. The summed E-state index contributed by atoms with van der Waals surface area (Å²) in [6.07, 6.45) is -0.409. The van der Waals surface area contributed by atoms with E-state index in [1.807, 2.05) is 20.8 Å². The van der Waals surface area contributed by atoms with Crippen molar-refractivity contribution >= 4 is 0 Å². The highest BCUT2D eigenvalue weighted by atomic mass is 16.8. The summed E-state index contributed by atoms with van der Waals surface area (Å²) in [4.78, 5) is 0. The number of aliphatic hydroxyl groups is 1. The van der Waals surface area contributed by atoms with E-state index in [1.54, 1.807) is 0 Å². The maximum atomic E-state index is 9.28. The SMILES string of the molecule is CC.CC1COC2OC2C1O. The second-order valence-corrected chi connectivity index (χ2v) is 2.77. The lowest BCUT2D eigenvalue weighted by Gasteiger charge is -2.19. The Morgan fingerprint density at radius 2 is 2.00 bits per heavy atom. The summed E-state index contributed by atoms with van der Waals surface area (Å²) in [5.41, 5.74) is 0. The molecule has 0 aromatic carbocycles. The minimum Gasteiger partial charge on any atom is -0.390 e. The van der Waals surface area contributed by atoms with Crippen LogP contribution in [-0.2, 0) is 9.47 Å². The Hall–Kier alpha value is -0.120. The number of ether oxygens (including phenoxy) is 2. The van der Waals surface area contributed by atoms with Crippen molar-refractivity contribution in [1.82, 2.24) is 0 Å². The molecule has 2 aliphatic rings. The molecule has 2 rings (SSSR count). The molecular formula is C8H16O3. The van der Waals surface area contributed by atoms with Crippen molar-refractivity contribution in [3.8, 4) is 0 Å². The molecule has 0 amide bonds. The van der Waals surface area contributed by atoms with E-state index in [0.717, 1.165) is 0 Å². The van der Waals surface area contributed by atoms with E-state index in [-0.39, 0.29) is 24.4 Å². The molecule has 0 aliphatic carbocycles. The second kappa shape index (κ2) is 3.52. The summed E-state index contributed by atoms with van der Waals surface area (Å²) >= 11 is 0. The number of rotatable bonds is 0. The summed E-state index contributed by atoms with van der Waals surface area (Å²) in [7, 11) is 0. The van der Waals surface area contributed by atoms with Crippen LogP contribution < -0.4 is 0 Å². The fourth-order valence-corrected chi connectivity index (χ4v) is 1.15. The van der Waals surface area contributed by atoms with Gasteiger partial charge in [-0.2, -0.15) is 0 Å². The first-order chi connectivity index (χ1) is 5.29. The average molecular weight is 160 g/mol. The Labute approximate surface area is 67.3 Å². The molecule has 0 bridgehead atoms. The average Bonchev–Trinajstić information content (AvgIpc) is 2.81. The number of epoxide rings is 1. The fourth-order valence-electron chi connectivity index (χ4n) is 1.15. The van der Waals surface area contributed by atoms with E-state index in [9.17, 15) is 5.11 Å². The molecule has 3 nitrogen and oxygen atoms in total. The lowest BCUT2D eigenvalue weighted by Crippen LogP contribution is -2.34. The quantitative estimate of drug-likeness (QED) is 0.532. The van der Waals surface area contributed by atoms with Gasteiger partial charge >= 0.3 is 0 Å². The van der Waals surface area contributed by atoms with Crippen molar-refractivity contribution in [3.05, 3.63) is 0 Å². The first-order valence-corrected chi connectivity index (χ1v) is 4.24. The largest absolute Gasteiger partial charge is 0.390 e. The van der Waals surface area contributed by atoms with Gasteiger partial charge in [0.05, 0.1) is 12.7 Å². The third-order valence-corrected chi connectivity index (χ3v) is 1.93. The highest BCUT2D eigenvalue weighted by molar-refractivity contribution is 4.91. The van der Waals surface area contributed by atoms with E-state index in [0.29, 0.717) is 6.61 Å². The van der Waals surface area contributed by atoms with Gasteiger partial charge in [-0.1, -0.05) is 20.8 Å². The molecule has 3 heteroatoms. The van der Waals surface area contributed by atoms with Crippen LogP contribution in [0.15, 0.2) is 0 Å². The Bertz CT molecular complexity index is 125. The van der Waals surface area contributed by atoms with Crippen LogP contribution >= 0.6 is 0 Å². The normalized spacial score (nSPS) is 46.9. The molecule has 1 N–H and O–H groups in total. The monoisotopic (exact) mass is 160 g/mol. The lowest BCUT2D eigenvalue weighted by molar-refractivity contribution is -0.0221. The molecule has 2 heterocycles. The van der Waals surface area contributed by atoms with Gasteiger partial charge in [-0.05, 0) is 0 Å². The maximum absolute atomic E-state index is 9.28. The molecule has 0 radical (unpaired) electrons. The molecule has 2 saturated heterocycles. The zero-order valence-corrected chi connectivity index (χ0v) is 7.28. The summed E-state index contributed by atoms with van der Waals surface area (Å²) in [5.74, 6) is 0.230. The number of hydrogen-bond acceptors (Lipinski definition) is 3. The molecule has 0 aromatic rings. The number of hydrogen-bond donors (Lipinski definition) is 1. The van der Waals surface area contributed by atoms with Crippen molar-refractivity contribution in [2.24, 2.45) is 5.92 Å². The van der Waals surface area contributed by atoms with Crippen LogP contribution in [-0.4, -0.2) is 30.2 Å². The molecule has 0 spiro atoms. The van der Waals surface area contributed by atoms with Gasteiger partial charge in [0.1, 0.15) is 6.10 Å². The van der Waals surface area contributed by atoms with Crippen molar-refractivity contribution < 1.29 is 14.6 Å². The van der Waals surface area contributed by atoms with Gasteiger partial charge in [0.15, 0.2) is 6.29 Å². The maximum Gasteiger partial charge on any atom is 0.187 e. The van der Waals surface area contributed by atoms with Crippen LogP contribution in [0.5, 0.6) is 0 Å².